The number of H-pyrrole nitrogens is 2. The molecule has 0 radical (unpaired) electrons. The van der Waals surface area contributed by atoms with Crippen molar-refractivity contribution in [2.45, 2.75) is 139 Å². The highest BCUT2D eigenvalue weighted by atomic mass is 16.5. The number of phenols is 2. The first kappa shape index (κ1) is 55.7. The Kier molecular flexibility index (Phi) is 16.9. The van der Waals surface area contributed by atoms with Gasteiger partial charge in [-0.05, 0) is 170 Å². The molecule has 0 saturated heterocycles. The fourth-order valence-corrected chi connectivity index (χ4v) is 13.5. The van der Waals surface area contributed by atoms with Crippen molar-refractivity contribution in [3.63, 3.8) is 0 Å². The Balaban J connectivity index is 1.12. The van der Waals surface area contributed by atoms with Crippen molar-refractivity contribution >= 4 is 29.5 Å². The summed E-state index contributed by atoms with van der Waals surface area (Å²) in [6, 6.07) is 28.0. The summed E-state index contributed by atoms with van der Waals surface area (Å²) < 4.78 is 6.52. The zero-order chi connectivity index (χ0) is 56.2. The number of hydrogen-bond acceptors (Lipinski definition) is 11. The number of carbonyl (C=O) groups is 2. The van der Waals surface area contributed by atoms with E-state index in [9.17, 15) is 30.6 Å². The molecule has 1 fully saturated rings. The SMILES string of the molecule is CCCNC[C@H]1C#C[C@H]2Nc3[nH]ccc3Cc3cc(ccc3[C@@H](CCc3ccccc3)[C@@H]1O)[C@@H](O)c1cc(cc(OC3CCCC3)c1O)CCC(=O)[C@@H](CCO)C(=O)[C@H]1C2=Cc2[nH]ccc2[C@@H]1C[C@]1(O)C=Cc2c(O)cccc2CC1. The molecule has 0 unspecified atom stereocenters. The summed E-state index contributed by atoms with van der Waals surface area (Å²) in [4.78, 5) is 38.3. The van der Waals surface area contributed by atoms with Crippen molar-refractivity contribution in [2.75, 3.05) is 25.0 Å². The first-order chi connectivity index (χ1) is 39.4. The lowest BCUT2D eigenvalue weighted by molar-refractivity contribution is -0.135. The van der Waals surface area contributed by atoms with Gasteiger partial charge < -0.3 is 56.0 Å². The first-order valence-electron chi connectivity index (χ1n) is 29.4. The summed E-state index contributed by atoms with van der Waals surface area (Å²) in [5.74, 6) is 3.08. The number of aliphatic hydroxyl groups is 4. The summed E-state index contributed by atoms with van der Waals surface area (Å²) in [5.41, 5.74) is 7.25. The lowest BCUT2D eigenvalue weighted by atomic mass is 9.65. The van der Waals surface area contributed by atoms with Gasteiger partial charge in [-0.1, -0.05) is 91.6 Å². The van der Waals surface area contributed by atoms with Gasteiger partial charge >= 0.3 is 0 Å². The molecule has 13 nitrogen and oxygen atoms in total. The summed E-state index contributed by atoms with van der Waals surface area (Å²) in [6.45, 7) is 2.69. The zero-order valence-corrected chi connectivity index (χ0v) is 46.2. The molecule has 422 valence electrons. The van der Waals surface area contributed by atoms with Gasteiger partial charge in [0.05, 0.1) is 29.6 Å². The normalized spacial score (nSPS) is 25.6. The quantitative estimate of drug-likeness (QED) is 0.0298. The second-order valence-corrected chi connectivity index (χ2v) is 23.3. The number of aromatic hydroxyl groups is 2. The van der Waals surface area contributed by atoms with Crippen LogP contribution >= 0.6 is 0 Å². The van der Waals surface area contributed by atoms with Crippen molar-refractivity contribution in [1.29, 1.82) is 0 Å². The van der Waals surface area contributed by atoms with E-state index in [2.05, 4.69) is 51.5 Å². The fourth-order valence-electron chi connectivity index (χ4n) is 13.5. The molecule has 5 aliphatic rings. The molecule has 13 heteroatoms. The van der Waals surface area contributed by atoms with Crippen LogP contribution in [0.1, 0.15) is 150 Å². The van der Waals surface area contributed by atoms with E-state index < -0.39 is 65.8 Å². The Bertz CT molecular complexity index is 3360. The zero-order valence-electron chi connectivity index (χ0n) is 46.2. The number of nitrogens with one attached hydrogen (secondary N) is 4. The van der Waals surface area contributed by atoms with Crippen LogP contribution in [0.15, 0.2) is 115 Å². The molecule has 6 aromatic rings. The number of benzene rings is 4. The Labute approximate surface area is 474 Å². The van der Waals surface area contributed by atoms with Gasteiger partial charge in [-0.25, -0.2) is 0 Å². The maximum atomic E-state index is 16.3. The van der Waals surface area contributed by atoms with E-state index in [0.29, 0.717) is 66.9 Å². The molecule has 81 heavy (non-hydrogen) atoms. The maximum Gasteiger partial charge on any atom is 0.163 e. The summed E-state index contributed by atoms with van der Waals surface area (Å²) in [7, 11) is 0. The van der Waals surface area contributed by atoms with E-state index in [1.54, 1.807) is 36.4 Å². The molecule has 0 spiro atoms. The molecule has 3 aliphatic carbocycles. The van der Waals surface area contributed by atoms with E-state index in [-0.39, 0.29) is 66.8 Å². The highest BCUT2D eigenvalue weighted by molar-refractivity contribution is 6.05. The van der Waals surface area contributed by atoms with E-state index >= 15 is 9.59 Å². The summed E-state index contributed by atoms with van der Waals surface area (Å²) in [6.07, 6.45) is 13.4. The largest absolute Gasteiger partial charge is 0.507 e. The van der Waals surface area contributed by atoms with Crippen LogP contribution in [-0.2, 0) is 35.3 Å². The second-order valence-electron chi connectivity index (χ2n) is 23.3. The molecule has 11 rings (SSSR count). The molecular weight excluding hydrogens is 1020 g/mol. The van der Waals surface area contributed by atoms with E-state index in [0.717, 1.165) is 71.2 Å². The van der Waals surface area contributed by atoms with E-state index in [1.807, 2.05) is 73.1 Å². The van der Waals surface area contributed by atoms with Gasteiger partial charge in [-0.3, -0.25) is 9.59 Å². The minimum absolute atomic E-state index is 0.0671. The van der Waals surface area contributed by atoms with Gasteiger partial charge in [-0.15, -0.1) is 0 Å². The number of fused-ring (bicyclic) bond motifs is 8. The van der Waals surface area contributed by atoms with Gasteiger partial charge in [0.25, 0.3) is 0 Å². The highest BCUT2D eigenvalue weighted by Gasteiger charge is 2.47. The third-order valence-corrected chi connectivity index (χ3v) is 17.9. The lowest BCUT2D eigenvalue weighted by Crippen LogP contribution is -2.43. The number of aromatic amines is 2. The number of ether oxygens (including phenoxy) is 1. The summed E-state index contributed by atoms with van der Waals surface area (Å²) in [5, 5.41) is 80.0. The molecule has 2 aliphatic heterocycles. The van der Waals surface area contributed by atoms with Crippen LogP contribution in [0, 0.1) is 29.6 Å². The average Bonchev–Trinajstić information content (AvgIpc) is 4.40. The van der Waals surface area contributed by atoms with Gasteiger partial charge in [0.2, 0.25) is 0 Å². The number of aryl methyl sites for hydroxylation is 3. The smallest absolute Gasteiger partial charge is 0.163 e. The Hall–Kier alpha value is -7.18. The first-order valence-corrected chi connectivity index (χ1v) is 29.4. The number of aromatic nitrogens is 2. The molecule has 4 heterocycles. The number of hydrogen-bond donors (Lipinski definition) is 10. The molecule has 5 bridgehead atoms. The highest BCUT2D eigenvalue weighted by Crippen LogP contribution is 2.49. The Morgan fingerprint density at radius 1 is 0.815 bits per heavy atom. The third kappa shape index (κ3) is 12.0. The molecule has 2 aromatic heterocycles. The number of Topliss-reactive ketones (excluding diaryl/α,β-unsaturated/α-hetero) is 2. The standard InChI is InChI=1S/C68H76N4O9/c1-2-30-69-40-46-18-21-57-54-38-58-51(26-32-70-58)56(39-68(80)28-23-43-11-8-14-59(74)50(43)24-29-68)62(54)66(79)53(27-33-73)60(75)22-16-42-34-55(65(78)61(35-42)81-48-12-6-7-13-48)63(76)44-17-20-49(47(36-44)37-45-25-31-71-67(45)72-57)52(64(46)77)19-15-41-9-4-3-5-10-41/h3-5,8-11,14,17,20,24-26,29,31-32,34-36,38,46,48,52-53,56-57,62-64,69-74,76-78,80H,2,6-7,12-13,15-16,19,22-23,27-28,30,33,37,39-40H2,1H3/t46-,52-,53-,56+,57-,62+,63-,64-,68-/m1/s1. The van der Waals surface area contributed by atoms with Crippen molar-refractivity contribution in [2.24, 2.45) is 17.8 Å². The number of ketones is 2. The Morgan fingerprint density at radius 3 is 2.46 bits per heavy atom. The molecular formula is C68H76N4O9. The van der Waals surface area contributed by atoms with Gasteiger partial charge in [0.1, 0.15) is 29.5 Å². The number of carbonyl (C=O) groups excluding carboxylic acids is 2. The van der Waals surface area contributed by atoms with Crippen LogP contribution in [0.25, 0.3) is 12.2 Å². The second kappa shape index (κ2) is 24.5. The molecule has 1 saturated carbocycles. The van der Waals surface area contributed by atoms with E-state index in [1.165, 1.54) is 0 Å². The Morgan fingerprint density at radius 2 is 1.64 bits per heavy atom. The van der Waals surface area contributed by atoms with Crippen molar-refractivity contribution in [3.05, 3.63) is 176 Å². The molecule has 0 amide bonds. The molecule has 9 atom stereocenters. The average molecular weight is 1090 g/mol. The topological polar surface area (TPSA) is 220 Å². The summed E-state index contributed by atoms with van der Waals surface area (Å²) >= 11 is 0. The molecule has 10 N–H and O–H groups in total. The van der Waals surface area contributed by atoms with Crippen molar-refractivity contribution < 1.29 is 45.0 Å². The number of anilines is 1. The predicted octanol–water partition coefficient (Wildman–Crippen LogP) is 9.90. The van der Waals surface area contributed by atoms with Crippen molar-refractivity contribution in [1.82, 2.24) is 15.3 Å². The fraction of sp³-hybridized carbons (Fsp3) is 0.412. The van der Waals surface area contributed by atoms with Crippen molar-refractivity contribution in [3.8, 4) is 29.1 Å². The minimum Gasteiger partial charge on any atom is -0.507 e. The van der Waals surface area contributed by atoms with Gasteiger partial charge in [-0.2, -0.15) is 0 Å². The third-order valence-electron chi connectivity index (χ3n) is 17.9. The monoisotopic (exact) mass is 1090 g/mol. The minimum atomic E-state index is -1.48. The predicted molar refractivity (Wildman–Crippen MR) is 314 cm³/mol. The van der Waals surface area contributed by atoms with Crippen LogP contribution in [0.5, 0.6) is 17.2 Å². The van der Waals surface area contributed by atoms with Crippen LogP contribution in [0.2, 0.25) is 0 Å². The van der Waals surface area contributed by atoms with Gasteiger partial charge in [0.15, 0.2) is 17.3 Å². The van der Waals surface area contributed by atoms with Crippen LogP contribution in [-0.4, -0.2) is 95.7 Å². The van der Waals surface area contributed by atoms with E-state index in [4.69, 9.17) is 4.74 Å². The van der Waals surface area contributed by atoms with Crippen LogP contribution in [0.4, 0.5) is 5.82 Å². The maximum absolute atomic E-state index is 16.3. The number of phenolic OH excluding ortho intramolecular Hbond substituents is 2. The van der Waals surface area contributed by atoms with Crippen LogP contribution < -0.4 is 15.4 Å². The number of aliphatic hydroxyl groups excluding tert-OH is 3. The van der Waals surface area contributed by atoms with Gasteiger partial charge in [0, 0.05) is 73.0 Å². The number of rotatable bonds is 13. The molecule has 4 aromatic carbocycles. The van der Waals surface area contributed by atoms with Crippen LogP contribution in [0.3, 0.4) is 0 Å². The lowest BCUT2D eigenvalue weighted by Gasteiger charge is -2.39.